The van der Waals surface area contributed by atoms with Gasteiger partial charge in [0.05, 0.1) is 13.2 Å². The van der Waals surface area contributed by atoms with Crippen LogP contribution in [0, 0.1) is 13.8 Å². The van der Waals surface area contributed by atoms with Crippen LogP contribution < -0.4 is 5.32 Å². The standard InChI is InChI=1S/C13H23N3O2/c1-11-10-12(2)16-13(15-11)14-6-4-5-7-18-9-8-17-3/h10H,4-9H2,1-3H3,(H,14,15,16). The quantitative estimate of drug-likeness (QED) is 0.682. The van der Waals surface area contributed by atoms with E-state index in [2.05, 4.69) is 15.3 Å². The monoisotopic (exact) mass is 253 g/mol. The Kier molecular flexibility index (Phi) is 7.29. The van der Waals surface area contributed by atoms with E-state index in [9.17, 15) is 0 Å². The van der Waals surface area contributed by atoms with E-state index in [0.29, 0.717) is 19.2 Å². The zero-order valence-corrected chi connectivity index (χ0v) is 11.5. The largest absolute Gasteiger partial charge is 0.382 e. The van der Waals surface area contributed by atoms with Crippen LogP contribution in [0.5, 0.6) is 0 Å². The number of unbranched alkanes of at least 4 members (excludes halogenated alkanes) is 1. The minimum absolute atomic E-state index is 0.661. The predicted molar refractivity (Wildman–Crippen MR) is 71.9 cm³/mol. The lowest BCUT2D eigenvalue weighted by Gasteiger charge is -2.07. The molecule has 18 heavy (non-hydrogen) atoms. The molecule has 0 atom stereocenters. The SMILES string of the molecule is COCCOCCCCNc1nc(C)cc(C)n1. The van der Waals surface area contributed by atoms with Crippen molar-refractivity contribution in [1.82, 2.24) is 9.97 Å². The van der Waals surface area contributed by atoms with Crippen LogP contribution in [-0.2, 0) is 9.47 Å². The maximum absolute atomic E-state index is 5.38. The molecular weight excluding hydrogens is 230 g/mol. The van der Waals surface area contributed by atoms with Crippen LogP contribution in [0.2, 0.25) is 0 Å². The fraction of sp³-hybridized carbons (Fsp3) is 0.692. The van der Waals surface area contributed by atoms with Gasteiger partial charge in [-0.3, -0.25) is 0 Å². The molecule has 0 aliphatic carbocycles. The van der Waals surface area contributed by atoms with E-state index in [1.807, 2.05) is 19.9 Å². The van der Waals surface area contributed by atoms with Gasteiger partial charge in [0.2, 0.25) is 5.95 Å². The molecule has 0 unspecified atom stereocenters. The highest BCUT2D eigenvalue weighted by Crippen LogP contribution is 2.03. The Labute approximate surface area is 109 Å². The number of nitrogens with one attached hydrogen (secondary N) is 1. The molecule has 0 spiro atoms. The summed E-state index contributed by atoms with van der Waals surface area (Å²) in [5, 5.41) is 3.23. The molecule has 0 aliphatic rings. The van der Waals surface area contributed by atoms with Crippen molar-refractivity contribution in [3.8, 4) is 0 Å². The van der Waals surface area contributed by atoms with Crippen molar-refractivity contribution in [3.05, 3.63) is 17.5 Å². The second-order valence-electron chi connectivity index (χ2n) is 4.21. The molecule has 1 rings (SSSR count). The number of aryl methyl sites for hydroxylation is 2. The summed E-state index contributed by atoms with van der Waals surface area (Å²) >= 11 is 0. The molecule has 0 aliphatic heterocycles. The molecule has 0 radical (unpaired) electrons. The highest BCUT2D eigenvalue weighted by atomic mass is 16.5. The summed E-state index contributed by atoms with van der Waals surface area (Å²) in [6.07, 6.45) is 2.07. The normalized spacial score (nSPS) is 10.6. The van der Waals surface area contributed by atoms with Crippen LogP contribution in [0.4, 0.5) is 5.95 Å². The van der Waals surface area contributed by atoms with E-state index in [-0.39, 0.29) is 0 Å². The first-order chi connectivity index (χ1) is 8.72. The van der Waals surface area contributed by atoms with E-state index in [1.54, 1.807) is 7.11 Å². The van der Waals surface area contributed by atoms with Crippen molar-refractivity contribution in [2.75, 3.05) is 38.8 Å². The summed E-state index contributed by atoms with van der Waals surface area (Å²) in [6.45, 7) is 6.93. The van der Waals surface area contributed by atoms with Crippen LogP contribution in [0.1, 0.15) is 24.2 Å². The number of nitrogens with zero attached hydrogens (tertiary/aromatic N) is 2. The molecule has 102 valence electrons. The molecule has 0 saturated carbocycles. The van der Waals surface area contributed by atoms with E-state index >= 15 is 0 Å². The lowest BCUT2D eigenvalue weighted by atomic mass is 10.3. The minimum Gasteiger partial charge on any atom is -0.382 e. The fourth-order valence-corrected chi connectivity index (χ4v) is 1.58. The third-order valence-corrected chi connectivity index (χ3v) is 2.41. The molecular formula is C13H23N3O2. The Morgan fingerprint density at radius 2 is 1.78 bits per heavy atom. The van der Waals surface area contributed by atoms with Gasteiger partial charge in [-0.05, 0) is 32.8 Å². The van der Waals surface area contributed by atoms with Crippen LogP contribution in [-0.4, -0.2) is 43.4 Å². The van der Waals surface area contributed by atoms with Crippen LogP contribution >= 0.6 is 0 Å². The Bertz CT molecular complexity index is 325. The molecule has 0 fully saturated rings. The average molecular weight is 253 g/mol. The van der Waals surface area contributed by atoms with Gasteiger partial charge in [-0.25, -0.2) is 9.97 Å². The third kappa shape index (κ3) is 6.51. The zero-order valence-electron chi connectivity index (χ0n) is 11.5. The predicted octanol–water partition coefficient (Wildman–Crippen LogP) is 1.95. The summed E-state index contributed by atoms with van der Waals surface area (Å²) in [7, 11) is 1.68. The van der Waals surface area contributed by atoms with Gasteiger partial charge in [-0.1, -0.05) is 0 Å². The molecule has 0 bridgehead atoms. The first-order valence-corrected chi connectivity index (χ1v) is 6.35. The van der Waals surface area contributed by atoms with Crippen molar-refractivity contribution in [3.63, 3.8) is 0 Å². The van der Waals surface area contributed by atoms with Gasteiger partial charge in [0.25, 0.3) is 0 Å². The summed E-state index contributed by atoms with van der Waals surface area (Å²) in [5.41, 5.74) is 1.99. The molecule has 1 aromatic heterocycles. The lowest BCUT2D eigenvalue weighted by molar-refractivity contribution is 0.0691. The fourth-order valence-electron chi connectivity index (χ4n) is 1.58. The third-order valence-electron chi connectivity index (χ3n) is 2.41. The van der Waals surface area contributed by atoms with Crippen LogP contribution in [0.15, 0.2) is 6.07 Å². The van der Waals surface area contributed by atoms with Gasteiger partial charge in [0, 0.05) is 31.6 Å². The highest BCUT2D eigenvalue weighted by molar-refractivity contribution is 5.27. The number of rotatable bonds is 9. The molecule has 1 N–H and O–H groups in total. The van der Waals surface area contributed by atoms with Gasteiger partial charge in [-0.2, -0.15) is 0 Å². The number of anilines is 1. The van der Waals surface area contributed by atoms with E-state index in [0.717, 1.165) is 37.4 Å². The molecule has 1 heterocycles. The second-order valence-corrected chi connectivity index (χ2v) is 4.21. The summed E-state index contributed by atoms with van der Waals surface area (Å²) in [4.78, 5) is 8.64. The maximum Gasteiger partial charge on any atom is 0.223 e. The topological polar surface area (TPSA) is 56.3 Å². The van der Waals surface area contributed by atoms with Crippen molar-refractivity contribution in [1.29, 1.82) is 0 Å². The van der Waals surface area contributed by atoms with Crippen molar-refractivity contribution in [2.45, 2.75) is 26.7 Å². The molecule has 0 amide bonds. The second kappa shape index (κ2) is 8.83. The summed E-state index contributed by atoms with van der Waals surface area (Å²) in [5.74, 6) is 0.716. The number of hydrogen-bond acceptors (Lipinski definition) is 5. The molecule has 0 saturated heterocycles. The first-order valence-electron chi connectivity index (χ1n) is 6.35. The van der Waals surface area contributed by atoms with E-state index in [4.69, 9.17) is 9.47 Å². The summed E-state index contributed by atoms with van der Waals surface area (Å²) in [6, 6.07) is 1.97. The number of methoxy groups -OCH3 is 1. The average Bonchev–Trinajstić information content (AvgIpc) is 2.31. The number of hydrogen-bond donors (Lipinski definition) is 1. The Balaban J connectivity index is 2.07. The smallest absolute Gasteiger partial charge is 0.223 e. The Morgan fingerprint density at radius 3 is 2.44 bits per heavy atom. The maximum atomic E-state index is 5.38. The van der Waals surface area contributed by atoms with Gasteiger partial charge < -0.3 is 14.8 Å². The van der Waals surface area contributed by atoms with E-state index in [1.165, 1.54) is 0 Å². The van der Waals surface area contributed by atoms with Gasteiger partial charge in [-0.15, -0.1) is 0 Å². The Morgan fingerprint density at radius 1 is 1.06 bits per heavy atom. The first kappa shape index (κ1) is 14.9. The van der Waals surface area contributed by atoms with Crippen molar-refractivity contribution >= 4 is 5.95 Å². The number of aromatic nitrogens is 2. The number of ether oxygens (including phenoxy) is 2. The van der Waals surface area contributed by atoms with E-state index < -0.39 is 0 Å². The molecule has 0 aromatic carbocycles. The molecule has 5 nitrogen and oxygen atoms in total. The van der Waals surface area contributed by atoms with Gasteiger partial charge in [0.1, 0.15) is 0 Å². The lowest BCUT2D eigenvalue weighted by Crippen LogP contribution is -2.08. The van der Waals surface area contributed by atoms with Crippen LogP contribution in [0.25, 0.3) is 0 Å². The molecule has 5 heteroatoms. The Hall–Kier alpha value is -1.20. The summed E-state index contributed by atoms with van der Waals surface area (Å²) < 4.78 is 10.3. The van der Waals surface area contributed by atoms with Crippen LogP contribution in [0.3, 0.4) is 0 Å². The highest BCUT2D eigenvalue weighted by Gasteiger charge is 1.98. The van der Waals surface area contributed by atoms with Gasteiger partial charge >= 0.3 is 0 Å². The van der Waals surface area contributed by atoms with Crippen molar-refractivity contribution in [2.24, 2.45) is 0 Å². The van der Waals surface area contributed by atoms with Crippen molar-refractivity contribution < 1.29 is 9.47 Å². The van der Waals surface area contributed by atoms with Gasteiger partial charge in [0.15, 0.2) is 0 Å². The molecule has 1 aromatic rings. The minimum atomic E-state index is 0.661. The zero-order chi connectivity index (χ0) is 13.2.